The number of halogens is 2. The number of H-pyrrole nitrogens is 1. The first-order valence-corrected chi connectivity index (χ1v) is 7.42. The van der Waals surface area contributed by atoms with Gasteiger partial charge >= 0.3 is 0 Å². The van der Waals surface area contributed by atoms with Crippen LogP contribution in [-0.2, 0) is 5.41 Å². The van der Waals surface area contributed by atoms with E-state index < -0.39 is 0 Å². The number of aromatic amines is 1. The fourth-order valence-electron chi connectivity index (χ4n) is 1.64. The van der Waals surface area contributed by atoms with Crippen molar-refractivity contribution in [3.05, 3.63) is 44.1 Å². The van der Waals surface area contributed by atoms with Gasteiger partial charge in [-0.2, -0.15) is 0 Å². The van der Waals surface area contributed by atoms with Gasteiger partial charge in [-0.3, -0.25) is 0 Å². The molecule has 5 heteroatoms. The maximum Gasteiger partial charge on any atom is 0.139 e. The Morgan fingerprint density at radius 1 is 1.26 bits per heavy atom. The molecule has 0 radical (unpaired) electrons. The second-order valence-electron chi connectivity index (χ2n) is 5.36. The Balaban J connectivity index is 2.59. The van der Waals surface area contributed by atoms with E-state index in [1.165, 1.54) is 0 Å². The first-order chi connectivity index (χ1) is 8.77. The molecule has 0 unspecified atom stereocenters. The van der Waals surface area contributed by atoms with Crippen LogP contribution in [0.25, 0.3) is 11.4 Å². The van der Waals surface area contributed by atoms with Gasteiger partial charge in [-0.05, 0) is 40.2 Å². The first-order valence-electron chi connectivity index (χ1n) is 5.84. The quantitative estimate of drug-likeness (QED) is 0.681. The van der Waals surface area contributed by atoms with Gasteiger partial charge in [0.2, 0.25) is 0 Å². The molecule has 0 bridgehead atoms. The van der Waals surface area contributed by atoms with Crippen molar-refractivity contribution in [3.63, 3.8) is 0 Å². The first kappa shape index (κ1) is 14.7. The second-order valence-corrected chi connectivity index (χ2v) is 7.04. The minimum Gasteiger partial charge on any atom is -0.343 e. The molecule has 100 valence electrons. The molecule has 2 aromatic rings. The highest BCUT2D eigenvalue weighted by atomic mass is 79.9. The lowest BCUT2D eigenvalue weighted by Gasteiger charge is -2.19. The van der Waals surface area contributed by atoms with Gasteiger partial charge < -0.3 is 4.98 Å². The molecule has 1 aromatic carbocycles. The zero-order valence-corrected chi connectivity index (χ0v) is 14.1. The summed E-state index contributed by atoms with van der Waals surface area (Å²) in [4.78, 5) is 7.73. The average Bonchev–Trinajstić information content (AvgIpc) is 2.31. The predicted octanol–water partition coefficient (Wildman–Crippen LogP) is 5.52. The Kier molecular flexibility index (Phi) is 4.14. The third kappa shape index (κ3) is 3.44. The summed E-state index contributed by atoms with van der Waals surface area (Å²) < 4.78 is 1.43. The molecule has 0 atom stereocenters. The van der Waals surface area contributed by atoms with Gasteiger partial charge in [-0.1, -0.05) is 44.6 Å². The minimum absolute atomic E-state index is 0.00505. The van der Waals surface area contributed by atoms with Crippen LogP contribution in [0.15, 0.2) is 28.7 Å². The lowest BCUT2D eigenvalue weighted by Crippen LogP contribution is -2.14. The van der Waals surface area contributed by atoms with E-state index in [-0.39, 0.29) is 5.41 Å². The predicted molar refractivity (Wildman–Crippen MR) is 86.3 cm³/mol. The van der Waals surface area contributed by atoms with Gasteiger partial charge in [0.15, 0.2) is 0 Å². The van der Waals surface area contributed by atoms with Crippen LogP contribution in [0, 0.1) is 4.64 Å². The number of hydrogen-bond donors (Lipinski definition) is 1. The molecular formula is C14H14BrClN2S. The molecule has 0 saturated heterocycles. The smallest absolute Gasteiger partial charge is 0.139 e. The van der Waals surface area contributed by atoms with Gasteiger partial charge in [0.25, 0.3) is 0 Å². The van der Waals surface area contributed by atoms with Gasteiger partial charge in [0.1, 0.15) is 10.5 Å². The van der Waals surface area contributed by atoms with E-state index in [9.17, 15) is 0 Å². The molecule has 0 aliphatic heterocycles. The summed E-state index contributed by atoms with van der Waals surface area (Å²) in [7, 11) is 0. The molecule has 2 nitrogen and oxygen atoms in total. The summed E-state index contributed by atoms with van der Waals surface area (Å²) in [5.74, 6) is 0.759. The highest BCUT2D eigenvalue weighted by Gasteiger charge is 2.16. The van der Waals surface area contributed by atoms with Crippen LogP contribution in [0.1, 0.15) is 26.5 Å². The summed E-state index contributed by atoms with van der Waals surface area (Å²) in [6.45, 7) is 6.40. The summed E-state index contributed by atoms with van der Waals surface area (Å²) >= 11 is 14.7. The number of rotatable bonds is 1. The van der Waals surface area contributed by atoms with E-state index in [0.29, 0.717) is 9.66 Å². The summed E-state index contributed by atoms with van der Waals surface area (Å²) in [6.07, 6.45) is 0. The molecule has 0 saturated carbocycles. The largest absolute Gasteiger partial charge is 0.343 e. The van der Waals surface area contributed by atoms with E-state index >= 15 is 0 Å². The third-order valence-electron chi connectivity index (χ3n) is 2.74. The maximum absolute atomic E-state index is 6.01. The zero-order chi connectivity index (χ0) is 14.2. The lowest BCUT2D eigenvalue weighted by atomic mass is 9.92. The van der Waals surface area contributed by atoms with Crippen LogP contribution in [-0.4, -0.2) is 9.97 Å². The van der Waals surface area contributed by atoms with Gasteiger partial charge in [0.05, 0.1) is 5.02 Å². The van der Waals surface area contributed by atoms with Crippen molar-refractivity contribution in [3.8, 4) is 11.4 Å². The number of aromatic nitrogens is 2. The van der Waals surface area contributed by atoms with E-state index in [0.717, 1.165) is 21.6 Å². The van der Waals surface area contributed by atoms with Gasteiger partial charge in [-0.15, -0.1) is 0 Å². The van der Waals surface area contributed by atoms with E-state index in [1.54, 1.807) is 0 Å². The minimum atomic E-state index is -0.00505. The Labute approximate surface area is 131 Å². The third-order valence-corrected chi connectivity index (χ3v) is 4.17. The molecule has 1 heterocycles. The molecule has 0 aliphatic rings. The van der Waals surface area contributed by atoms with Crippen molar-refractivity contribution in [2.75, 3.05) is 0 Å². The second kappa shape index (κ2) is 5.35. The molecule has 0 spiro atoms. The fourth-order valence-corrected chi connectivity index (χ4v) is 2.35. The standard InChI is InChI=1S/C14H14BrClN2S/c1-14(2,3)11-7-12(19)18-13(17-11)8-4-5-10(16)9(15)6-8/h4-7H,1-3H3,(H,17,18,19). The van der Waals surface area contributed by atoms with E-state index in [2.05, 4.69) is 46.7 Å². The van der Waals surface area contributed by atoms with Crippen LogP contribution in [0.3, 0.4) is 0 Å². The Morgan fingerprint density at radius 2 is 1.95 bits per heavy atom. The Hall–Kier alpha value is -0.710. The van der Waals surface area contributed by atoms with Crippen molar-refractivity contribution in [2.24, 2.45) is 0 Å². The molecule has 1 aromatic heterocycles. The van der Waals surface area contributed by atoms with Crippen LogP contribution in [0.5, 0.6) is 0 Å². The lowest BCUT2D eigenvalue weighted by molar-refractivity contribution is 0.567. The Bertz CT molecular complexity index is 674. The van der Waals surface area contributed by atoms with Gasteiger partial charge in [0, 0.05) is 21.1 Å². The molecule has 0 aliphatic carbocycles. The summed E-state index contributed by atoms with van der Waals surface area (Å²) in [6, 6.07) is 7.60. The molecule has 0 amide bonds. The highest BCUT2D eigenvalue weighted by Crippen LogP contribution is 2.28. The topological polar surface area (TPSA) is 28.7 Å². The molecule has 1 N–H and O–H groups in total. The SMILES string of the molecule is CC(C)(C)c1cc(=S)nc(-c2ccc(Cl)c(Br)c2)[nH]1. The normalized spacial score (nSPS) is 11.6. The van der Waals surface area contributed by atoms with Crippen LogP contribution in [0.4, 0.5) is 0 Å². The van der Waals surface area contributed by atoms with Crippen LogP contribution >= 0.6 is 39.7 Å². The zero-order valence-electron chi connectivity index (χ0n) is 10.9. The molecule has 19 heavy (non-hydrogen) atoms. The van der Waals surface area contributed by atoms with Crippen molar-refractivity contribution in [1.82, 2.24) is 9.97 Å². The van der Waals surface area contributed by atoms with Gasteiger partial charge in [-0.25, -0.2) is 4.98 Å². The molecule has 0 fully saturated rings. The number of nitrogens with one attached hydrogen (secondary N) is 1. The van der Waals surface area contributed by atoms with Crippen LogP contribution < -0.4 is 0 Å². The van der Waals surface area contributed by atoms with E-state index in [1.807, 2.05) is 24.3 Å². The van der Waals surface area contributed by atoms with Crippen LogP contribution in [0.2, 0.25) is 5.02 Å². The molecular weight excluding hydrogens is 344 g/mol. The highest BCUT2D eigenvalue weighted by molar-refractivity contribution is 9.10. The fraction of sp³-hybridized carbons (Fsp3) is 0.286. The number of nitrogens with zero attached hydrogens (tertiary/aromatic N) is 1. The summed E-state index contributed by atoms with van der Waals surface area (Å²) in [5.41, 5.74) is 2.01. The van der Waals surface area contributed by atoms with Crippen molar-refractivity contribution in [2.45, 2.75) is 26.2 Å². The van der Waals surface area contributed by atoms with Crippen molar-refractivity contribution in [1.29, 1.82) is 0 Å². The average molecular weight is 358 g/mol. The Morgan fingerprint density at radius 3 is 2.53 bits per heavy atom. The summed E-state index contributed by atoms with van der Waals surface area (Å²) in [5, 5.41) is 0.675. The van der Waals surface area contributed by atoms with Crippen molar-refractivity contribution >= 4 is 39.7 Å². The molecule has 2 rings (SSSR count). The van der Waals surface area contributed by atoms with Crippen molar-refractivity contribution < 1.29 is 0 Å². The van der Waals surface area contributed by atoms with E-state index in [4.69, 9.17) is 23.8 Å². The number of benzene rings is 1. The maximum atomic E-state index is 6.01. The number of hydrogen-bond acceptors (Lipinski definition) is 2. The monoisotopic (exact) mass is 356 g/mol.